The van der Waals surface area contributed by atoms with Crippen LogP contribution in [0.2, 0.25) is 0 Å². The van der Waals surface area contributed by atoms with Gasteiger partial charge in [0.05, 0.1) is 27.0 Å². The zero-order chi connectivity index (χ0) is 21.7. The number of carbonyl (C=O) groups excluding carboxylic acids is 1. The van der Waals surface area contributed by atoms with Gasteiger partial charge in [0.25, 0.3) is 5.91 Å². The maximum Gasteiger partial charge on any atom is 0.274 e. The van der Waals surface area contributed by atoms with Gasteiger partial charge < -0.3 is 9.88 Å². The maximum atomic E-state index is 13.8. The summed E-state index contributed by atoms with van der Waals surface area (Å²) in [6, 6.07) is 16.4. The monoisotopic (exact) mass is 460 g/mol. The number of hydrogen-bond acceptors (Lipinski definition) is 5. The Morgan fingerprint density at radius 1 is 1.12 bits per heavy atom. The van der Waals surface area contributed by atoms with Crippen LogP contribution in [0.15, 0.2) is 53.4 Å². The molecule has 0 radical (unpaired) electrons. The Kier molecular flexibility index (Phi) is 5.03. The summed E-state index contributed by atoms with van der Waals surface area (Å²) in [5.74, 6) is 1.43. The van der Waals surface area contributed by atoms with Crippen LogP contribution in [0.3, 0.4) is 0 Å². The van der Waals surface area contributed by atoms with Crippen LogP contribution in [0.4, 0.5) is 0 Å². The molecule has 2 aromatic carbocycles. The number of carbonyl (C=O) groups is 1. The minimum atomic E-state index is -0.0395. The van der Waals surface area contributed by atoms with Gasteiger partial charge in [-0.3, -0.25) is 4.79 Å². The Hall–Kier alpha value is -2.64. The van der Waals surface area contributed by atoms with E-state index in [0.717, 1.165) is 51.7 Å². The number of aromatic amines is 1. The summed E-state index contributed by atoms with van der Waals surface area (Å²) in [4.78, 5) is 31.2. The Labute approximate surface area is 195 Å². The van der Waals surface area contributed by atoms with Crippen molar-refractivity contribution >= 4 is 40.0 Å². The highest BCUT2D eigenvalue weighted by Crippen LogP contribution is 2.45. The van der Waals surface area contributed by atoms with Gasteiger partial charge in [-0.2, -0.15) is 0 Å². The van der Waals surface area contributed by atoms with Crippen molar-refractivity contribution in [2.45, 2.75) is 42.5 Å². The lowest BCUT2D eigenvalue weighted by Crippen LogP contribution is -2.31. The lowest BCUT2D eigenvalue weighted by molar-refractivity contribution is 0.0726. The number of hydrogen-bond donors (Lipinski definition) is 1. The molecule has 2 aliphatic rings. The van der Waals surface area contributed by atoms with Crippen LogP contribution < -0.4 is 0 Å². The minimum Gasteiger partial charge on any atom is -0.340 e. The molecule has 5 nitrogen and oxygen atoms in total. The molecular weight excluding hydrogens is 436 g/mol. The van der Waals surface area contributed by atoms with E-state index in [1.165, 1.54) is 17.7 Å². The predicted octanol–water partition coefficient (Wildman–Crippen LogP) is 6.26. The molecule has 4 aromatic rings. The zero-order valence-electron chi connectivity index (χ0n) is 17.9. The predicted molar refractivity (Wildman–Crippen MR) is 130 cm³/mol. The van der Waals surface area contributed by atoms with E-state index in [0.29, 0.717) is 11.6 Å². The number of H-pyrrole nitrogens is 1. The third kappa shape index (κ3) is 3.53. The van der Waals surface area contributed by atoms with Gasteiger partial charge in [-0.05, 0) is 55.7 Å². The number of benzene rings is 2. The maximum absolute atomic E-state index is 13.8. The molecule has 6 rings (SSSR count). The fraction of sp³-hybridized carbons (Fsp3) is 0.320. The first-order chi connectivity index (χ1) is 15.7. The molecule has 0 spiro atoms. The topological polar surface area (TPSA) is 61.9 Å². The summed E-state index contributed by atoms with van der Waals surface area (Å²) in [6.07, 6.45) is 6.33. The van der Waals surface area contributed by atoms with Crippen LogP contribution in [0, 0.1) is 0 Å². The minimum absolute atomic E-state index is 0.0276. The van der Waals surface area contributed by atoms with Crippen molar-refractivity contribution in [3.63, 3.8) is 0 Å². The summed E-state index contributed by atoms with van der Waals surface area (Å²) in [6.45, 7) is 0.737. The third-order valence-electron chi connectivity index (χ3n) is 6.35. The van der Waals surface area contributed by atoms with Crippen molar-refractivity contribution in [1.29, 1.82) is 0 Å². The summed E-state index contributed by atoms with van der Waals surface area (Å²) >= 11 is 3.41. The Balaban J connectivity index is 1.36. The summed E-state index contributed by atoms with van der Waals surface area (Å²) in [5, 5.41) is 1.11. The van der Waals surface area contributed by atoms with Crippen LogP contribution in [-0.2, 0) is 0 Å². The molecule has 1 aliphatic heterocycles. The van der Waals surface area contributed by atoms with Crippen molar-refractivity contribution in [3.05, 3.63) is 65.1 Å². The summed E-state index contributed by atoms with van der Waals surface area (Å²) in [5.41, 5.74) is 3.66. The van der Waals surface area contributed by atoms with E-state index >= 15 is 0 Å². The van der Waals surface area contributed by atoms with Gasteiger partial charge in [0.2, 0.25) is 0 Å². The Morgan fingerprint density at radius 2 is 1.97 bits per heavy atom. The van der Waals surface area contributed by atoms with Gasteiger partial charge in [0, 0.05) is 17.4 Å². The highest BCUT2D eigenvalue weighted by atomic mass is 32.2. The van der Waals surface area contributed by atoms with Crippen molar-refractivity contribution in [2.75, 3.05) is 12.8 Å². The number of likely N-dealkylation sites (tertiary alicyclic amines) is 1. The molecular formula is C25H24N4OS2. The standard InChI is InChI=1S/C25H24N4OS2/c1-31-17-11-12-18-19(14-17)27-23(26-18)20-8-5-13-29(20)25(30)21-22(15-6-3-2-4-7-15)32-24(28-21)16-9-10-16/h2-4,6-7,11-12,14,16,20H,5,8-10,13H2,1H3,(H,26,27). The number of amides is 1. The van der Waals surface area contributed by atoms with Crippen molar-refractivity contribution < 1.29 is 4.79 Å². The molecule has 162 valence electrons. The van der Waals surface area contributed by atoms with Crippen LogP contribution in [0.25, 0.3) is 21.5 Å². The largest absolute Gasteiger partial charge is 0.340 e. The van der Waals surface area contributed by atoms with E-state index in [1.54, 1.807) is 23.1 Å². The molecule has 1 atom stereocenters. The van der Waals surface area contributed by atoms with E-state index < -0.39 is 0 Å². The smallest absolute Gasteiger partial charge is 0.274 e. The molecule has 1 N–H and O–H groups in total. The lowest BCUT2D eigenvalue weighted by atomic mass is 10.1. The number of fused-ring (bicyclic) bond motifs is 1. The quantitative estimate of drug-likeness (QED) is 0.357. The van der Waals surface area contributed by atoms with E-state index in [-0.39, 0.29) is 11.9 Å². The van der Waals surface area contributed by atoms with Crippen LogP contribution in [0.1, 0.15) is 59.0 Å². The molecule has 0 bridgehead atoms. The van der Waals surface area contributed by atoms with E-state index in [1.807, 2.05) is 23.1 Å². The van der Waals surface area contributed by atoms with E-state index in [2.05, 4.69) is 41.6 Å². The molecule has 1 unspecified atom stereocenters. The van der Waals surface area contributed by atoms with Crippen LogP contribution in [-0.4, -0.2) is 38.6 Å². The van der Waals surface area contributed by atoms with Crippen LogP contribution >= 0.6 is 23.1 Å². The second-order valence-corrected chi connectivity index (χ2v) is 10.4. The van der Waals surface area contributed by atoms with Gasteiger partial charge in [0.1, 0.15) is 11.5 Å². The van der Waals surface area contributed by atoms with Crippen molar-refractivity contribution in [1.82, 2.24) is 19.9 Å². The first kappa shape index (κ1) is 20.0. The van der Waals surface area contributed by atoms with E-state index in [4.69, 9.17) is 9.97 Å². The van der Waals surface area contributed by atoms with Crippen LogP contribution in [0.5, 0.6) is 0 Å². The number of aromatic nitrogens is 3. The highest BCUT2D eigenvalue weighted by molar-refractivity contribution is 7.98. The average molecular weight is 461 g/mol. The molecule has 1 saturated heterocycles. The van der Waals surface area contributed by atoms with E-state index in [9.17, 15) is 4.79 Å². The number of nitrogens with zero attached hydrogens (tertiary/aromatic N) is 3. The van der Waals surface area contributed by atoms with Gasteiger partial charge in [-0.15, -0.1) is 23.1 Å². The number of thiazole rings is 1. The number of nitrogens with one attached hydrogen (secondary N) is 1. The Bertz CT molecular complexity index is 1290. The Morgan fingerprint density at radius 3 is 2.75 bits per heavy atom. The van der Waals surface area contributed by atoms with Gasteiger partial charge >= 0.3 is 0 Å². The molecule has 32 heavy (non-hydrogen) atoms. The summed E-state index contributed by atoms with van der Waals surface area (Å²) < 4.78 is 0. The van der Waals surface area contributed by atoms with Crippen molar-refractivity contribution in [3.8, 4) is 10.4 Å². The lowest BCUT2D eigenvalue weighted by Gasteiger charge is -2.22. The zero-order valence-corrected chi connectivity index (χ0v) is 19.5. The molecule has 1 amide bonds. The van der Waals surface area contributed by atoms with Gasteiger partial charge in [0.15, 0.2) is 0 Å². The van der Waals surface area contributed by atoms with Crippen molar-refractivity contribution in [2.24, 2.45) is 0 Å². The molecule has 2 aromatic heterocycles. The first-order valence-corrected chi connectivity index (χ1v) is 13.2. The molecule has 2 fully saturated rings. The number of rotatable bonds is 5. The fourth-order valence-corrected chi connectivity index (χ4v) is 6.17. The highest BCUT2D eigenvalue weighted by Gasteiger charge is 2.37. The molecule has 7 heteroatoms. The normalized spacial score (nSPS) is 18.5. The number of thioether (sulfide) groups is 1. The van der Waals surface area contributed by atoms with Gasteiger partial charge in [-0.1, -0.05) is 30.3 Å². The fourth-order valence-electron chi connectivity index (χ4n) is 4.50. The second kappa shape index (κ2) is 8.05. The first-order valence-electron chi connectivity index (χ1n) is 11.1. The SMILES string of the molecule is CSc1ccc2nc(C3CCCN3C(=O)c3nc(C4CC4)sc3-c3ccccc3)[nH]c2c1. The molecule has 1 saturated carbocycles. The summed E-state index contributed by atoms with van der Waals surface area (Å²) in [7, 11) is 0. The third-order valence-corrected chi connectivity index (χ3v) is 8.34. The number of imidazole rings is 1. The van der Waals surface area contributed by atoms with Gasteiger partial charge in [-0.25, -0.2) is 9.97 Å². The average Bonchev–Trinajstić information content (AvgIpc) is 3.25. The molecule has 1 aliphatic carbocycles. The molecule has 3 heterocycles. The second-order valence-electron chi connectivity index (χ2n) is 8.53.